The molecule has 6 nitrogen and oxygen atoms in total. The highest BCUT2D eigenvalue weighted by molar-refractivity contribution is 5.83. The largest absolute Gasteiger partial charge is 0.497 e. The van der Waals surface area contributed by atoms with Crippen molar-refractivity contribution < 1.29 is 19.4 Å². The monoisotopic (exact) mass is 490 g/mol. The molecular weight excluding hydrogens is 452 g/mol. The average molecular weight is 491 g/mol. The Labute approximate surface area is 214 Å². The van der Waals surface area contributed by atoms with Gasteiger partial charge >= 0.3 is 5.97 Å². The van der Waals surface area contributed by atoms with E-state index in [1.807, 2.05) is 30.5 Å². The highest BCUT2D eigenvalue weighted by Gasteiger charge is 2.30. The van der Waals surface area contributed by atoms with Crippen molar-refractivity contribution in [1.82, 2.24) is 9.88 Å². The second-order valence-electron chi connectivity index (χ2n) is 9.91. The molecule has 2 atom stereocenters. The molecule has 0 radical (unpaired) electrons. The molecule has 1 aliphatic heterocycles. The third-order valence-corrected chi connectivity index (χ3v) is 7.55. The number of carboxylic acids is 1. The van der Waals surface area contributed by atoms with Crippen molar-refractivity contribution in [3.05, 3.63) is 65.9 Å². The number of pyridine rings is 1. The lowest BCUT2D eigenvalue weighted by Crippen LogP contribution is -2.41. The number of aliphatic carboxylic acids is 1. The zero-order valence-electron chi connectivity index (χ0n) is 21.5. The Kier molecular flexibility index (Phi) is 9.17. The van der Waals surface area contributed by atoms with Gasteiger partial charge in [0.1, 0.15) is 11.5 Å². The molecule has 2 heterocycles. The summed E-state index contributed by atoms with van der Waals surface area (Å²) in [6.45, 7) is 2.93. The maximum absolute atomic E-state index is 11.6. The first-order valence-electron chi connectivity index (χ1n) is 13.0. The van der Waals surface area contributed by atoms with Crippen LogP contribution in [0.5, 0.6) is 11.5 Å². The van der Waals surface area contributed by atoms with Crippen molar-refractivity contribution in [2.45, 2.75) is 44.9 Å². The van der Waals surface area contributed by atoms with Crippen LogP contribution in [-0.2, 0) is 17.6 Å². The molecule has 0 bridgehead atoms. The van der Waals surface area contributed by atoms with Crippen molar-refractivity contribution in [2.24, 2.45) is 11.8 Å². The third-order valence-electron chi connectivity index (χ3n) is 7.55. The molecule has 1 aliphatic rings. The number of nitrogens with zero attached hydrogens (tertiary/aromatic N) is 2. The molecule has 0 spiro atoms. The molecule has 1 saturated heterocycles. The van der Waals surface area contributed by atoms with Gasteiger partial charge < -0.3 is 19.5 Å². The Bertz CT molecular complexity index is 1150. The van der Waals surface area contributed by atoms with Crippen LogP contribution in [0, 0.1) is 11.8 Å². The van der Waals surface area contributed by atoms with Gasteiger partial charge in [-0.1, -0.05) is 12.1 Å². The molecule has 1 aromatic heterocycles. The lowest BCUT2D eigenvalue weighted by atomic mass is 9.79. The first kappa shape index (κ1) is 26.0. The third kappa shape index (κ3) is 6.97. The van der Waals surface area contributed by atoms with E-state index in [0.717, 1.165) is 80.6 Å². The van der Waals surface area contributed by atoms with Gasteiger partial charge in [0.25, 0.3) is 0 Å². The molecule has 0 unspecified atom stereocenters. The minimum absolute atomic E-state index is 0.211. The van der Waals surface area contributed by atoms with Gasteiger partial charge in [0, 0.05) is 24.5 Å². The summed E-state index contributed by atoms with van der Waals surface area (Å²) in [5.74, 6) is 1.72. The molecule has 192 valence electrons. The summed E-state index contributed by atoms with van der Waals surface area (Å²) < 4.78 is 10.7. The van der Waals surface area contributed by atoms with Crippen molar-refractivity contribution in [2.75, 3.05) is 33.9 Å². The van der Waals surface area contributed by atoms with Crippen LogP contribution in [0.1, 0.15) is 43.2 Å². The predicted octanol–water partition coefficient (Wildman–Crippen LogP) is 5.62. The van der Waals surface area contributed by atoms with Crippen LogP contribution in [-0.4, -0.2) is 54.8 Å². The number of likely N-dealkylation sites (tertiary alicyclic amines) is 1. The van der Waals surface area contributed by atoms with Crippen molar-refractivity contribution >= 4 is 16.9 Å². The number of rotatable bonds is 12. The number of carboxylic acid groups (broad SMARTS) is 1. The van der Waals surface area contributed by atoms with E-state index in [1.54, 1.807) is 14.2 Å². The van der Waals surface area contributed by atoms with E-state index < -0.39 is 5.97 Å². The molecule has 3 aromatic rings. The smallest absolute Gasteiger partial charge is 0.303 e. The van der Waals surface area contributed by atoms with Crippen LogP contribution in [0.4, 0.5) is 0 Å². The first-order valence-corrected chi connectivity index (χ1v) is 13.0. The zero-order valence-corrected chi connectivity index (χ0v) is 21.5. The number of hydrogen-bond donors (Lipinski definition) is 1. The second-order valence-corrected chi connectivity index (χ2v) is 9.91. The first-order chi connectivity index (χ1) is 17.6. The standard InChI is InChI=1S/C30H38N2O4/c1-35-26-10-3-6-22(18-26)7-5-16-32-17-14-23(25(21-32)19-30(33)34)8-4-9-24-13-15-31-29-12-11-27(36-2)20-28(24)29/h3,6,10-13,15,18,20,23,25H,4-5,7-9,14,16-17,19,21H2,1-2H3,(H,33,34)/t23-,25+/m1/s1. The van der Waals surface area contributed by atoms with Crippen LogP contribution < -0.4 is 9.47 Å². The minimum Gasteiger partial charge on any atom is -0.497 e. The van der Waals surface area contributed by atoms with Gasteiger partial charge in [-0.15, -0.1) is 0 Å². The summed E-state index contributed by atoms with van der Waals surface area (Å²) in [4.78, 5) is 18.6. The van der Waals surface area contributed by atoms with Crippen molar-refractivity contribution in [3.8, 4) is 11.5 Å². The van der Waals surface area contributed by atoms with Crippen molar-refractivity contribution in [1.29, 1.82) is 0 Å². The van der Waals surface area contributed by atoms with E-state index >= 15 is 0 Å². The van der Waals surface area contributed by atoms with Gasteiger partial charge in [-0.3, -0.25) is 9.78 Å². The lowest BCUT2D eigenvalue weighted by Gasteiger charge is -2.38. The van der Waals surface area contributed by atoms with Gasteiger partial charge in [-0.2, -0.15) is 0 Å². The molecule has 0 aliphatic carbocycles. The molecule has 0 saturated carbocycles. The molecule has 6 heteroatoms. The molecule has 4 rings (SSSR count). The van der Waals surface area contributed by atoms with Crippen LogP contribution in [0.25, 0.3) is 10.9 Å². The molecular formula is C30H38N2O4. The van der Waals surface area contributed by atoms with E-state index in [2.05, 4.69) is 34.1 Å². The maximum atomic E-state index is 11.6. The molecule has 36 heavy (non-hydrogen) atoms. The normalized spacial score (nSPS) is 18.3. The Hall–Kier alpha value is -3.12. The van der Waals surface area contributed by atoms with Gasteiger partial charge in [-0.25, -0.2) is 0 Å². The van der Waals surface area contributed by atoms with E-state index in [1.165, 1.54) is 11.1 Å². The summed E-state index contributed by atoms with van der Waals surface area (Å²) in [7, 11) is 3.38. The van der Waals surface area contributed by atoms with Crippen LogP contribution in [0.15, 0.2) is 54.7 Å². The van der Waals surface area contributed by atoms with Gasteiger partial charge in [0.15, 0.2) is 0 Å². The van der Waals surface area contributed by atoms with Crippen molar-refractivity contribution in [3.63, 3.8) is 0 Å². The van der Waals surface area contributed by atoms with Gasteiger partial charge in [-0.05, 0) is 111 Å². The summed E-state index contributed by atoms with van der Waals surface area (Å²) in [6, 6.07) is 16.4. The minimum atomic E-state index is -0.685. The Morgan fingerprint density at radius 2 is 1.86 bits per heavy atom. The van der Waals surface area contributed by atoms with E-state index in [9.17, 15) is 9.90 Å². The maximum Gasteiger partial charge on any atom is 0.303 e. The fourth-order valence-electron chi connectivity index (χ4n) is 5.61. The van der Waals surface area contributed by atoms with Gasteiger partial charge in [0.2, 0.25) is 0 Å². The molecule has 2 aromatic carbocycles. The lowest BCUT2D eigenvalue weighted by molar-refractivity contribution is -0.139. The quantitative estimate of drug-likeness (QED) is 0.355. The topological polar surface area (TPSA) is 71.9 Å². The Morgan fingerprint density at radius 3 is 2.67 bits per heavy atom. The summed E-state index contributed by atoms with van der Waals surface area (Å²) in [5, 5.41) is 10.7. The molecule has 1 N–H and O–H groups in total. The summed E-state index contributed by atoms with van der Waals surface area (Å²) in [5.41, 5.74) is 3.55. The number of aromatic nitrogens is 1. The number of hydrogen-bond acceptors (Lipinski definition) is 5. The SMILES string of the molecule is COc1cccc(CCCN2CC[C@@H](CCCc3ccnc4ccc(OC)cc34)[C@@H](CC(=O)O)C2)c1. The van der Waals surface area contributed by atoms with E-state index in [4.69, 9.17) is 9.47 Å². The molecule has 1 fully saturated rings. The number of methoxy groups -OCH3 is 2. The number of aryl methyl sites for hydroxylation is 2. The Morgan fingerprint density at radius 1 is 1.03 bits per heavy atom. The van der Waals surface area contributed by atoms with E-state index in [-0.39, 0.29) is 12.3 Å². The highest BCUT2D eigenvalue weighted by atomic mass is 16.5. The molecule has 0 amide bonds. The van der Waals surface area contributed by atoms with Crippen LogP contribution >= 0.6 is 0 Å². The Balaban J connectivity index is 1.30. The zero-order chi connectivity index (χ0) is 25.3. The van der Waals surface area contributed by atoms with Crippen LogP contribution in [0.3, 0.4) is 0 Å². The highest BCUT2D eigenvalue weighted by Crippen LogP contribution is 2.32. The number of carbonyl (C=O) groups is 1. The number of piperidine rings is 1. The van der Waals surface area contributed by atoms with Crippen LogP contribution in [0.2, 0.25) is 0 Å². The second kappa shape index (κ2) is 12.7. The summed E-state index contributed by atoms with van der Waals surface area (Å²) >= 11 is 0. The number of ether oxygens (including phenoxy) is 2. The number of benzene rings is 2. The van der Waals surface area contributed by atoms with Gasteiger partial charge in [0.05, 0.1) is 19.7 Å². The fraction of sp³-hybridized carbons (Fsp3) is 0.467. The number of fused-ring (bicyclic) bond motifs is 1. The summed E-state index contributed by atoms with van der Waals surface area (Å²) in [6.07, 6.45) is 8.35. The average Bonchev–Trinajstić information content (AvgIpc) is 2.89. The van der Waals surface area contributed by atoms with E-state index in [0.29, 0.717) is 5.92 Å². The predicted molar refractivity (Wildman–Crippen MR) is 143 cm³/mol. The fourth-order valence-corrected chi connectivity index (χ4v) is 5.61.